The highest BCUT2D eigenvalue weighted by atomic mass is 16.5. The van der Waals surface area contributed by atoms with E-state index in [4.69, 9.17) is 9.84 Å². The second-order valence-electron chi connectivity index (χ2n) is 3.07. The summed E-state index contributed by atoms with van der Waals surface area (Å²) in [7, 11) is 0. The molecule has 2 saturated heterocycles. The molecule has 2 aliphatic rings. The molecule has 2 aliphatic heterocycles. The zero-order valence-electron chi connectivity index (χ0n) is 6.19. The highest BCUT2D eigenvalue weighted by Gasteiger charge is 2.41. The number of hydrogen-bond acceptors (Lipinski definition) is 3. The van der Waals surface area contributed by atoms with Gasteiger partial charge in [-0.3, -0.25) is 9.69 Å². The van der Waals surface area contributed by atoms with Crippen molar-refractivity contribution in [1.29, 1.82) is 0 Å². The van der Waals surface area contributed by atoms with Gasteiger partial charge in [0, 0.05) is 6.54 Å². The predicted octanol–water partition coefficient (Wildman–Crippen LogP) is -0.456. The van der Waals surface area contributed by atoms with Crippen LogP contribution in [0.3, 0.4) is 0 Å². The summed E-state index contributed by atoms with van der Waals surface area (Å²) < 4.78 is 4.99. The number of nitrogens with zero attached hydrogens (tertiary/aromatic N) is 1. The molecule has 11 heavy (non-hydrogen) atoms. The summed E-state index contributed by atoms with van der Waals surface area (Å²) in [6, 6.07) is 0.147. The summed E-state index contributed by atoms with van der Waals surface area (Å²) in [5.74, 6) is -0.692. The van der Waals surface area contributed by atoms with Gasteiger partial charge in [-0.25, -0.2) is 0 Å². The summed E-state index contributed by atoms with van der Waals surface area (Å²) in [5.41, 5.74) is 0. The van der Waals surface area contributed by atoms with E-state index < -0.39 is 5.97 Å². The van der Waals surface area contributed by atoms with Crippen LogP contribution in [0.5, 0.6) is 0 Å². The quantitative estimate of drug-likeness (QED) is 0.589. The minimum absolute atomic E-state index is 0.233. The van der Waals surface area contributed by atoms with Gasteiger partial charge in [0.1, 0.15) is 6.04 Å². The lowest BCUT2D eigenvalue weighted by Crippen LogP contribution is -2.62. The first-order valence-corrected chi connectivity index (χ1v) is 3.85. The number of carboxylic acids is 1. The van der Waals surface area contributed by atoms with Crippen molar-refractivity contribution in [2.45, 2.75) is 18.5 Å². The van der Waals surface area contributed by atoms with Crippen LogP contribution in [0.4, 0.5) is 0 Å². The smallest absolute Gasteiger partial charge is 0.320 e. The normalized spacial score (nSPS) is 32.5. The number of hydrogen-bond donors (Lipinski definition) is 1. The number of carboxylic acid groups (broad SMARTS) is 1. The molecule has 0 aromatic carbocycles. The lowest BCUT2D eigenvalue weighted by molar-refractivity contribution is -0.160. The second-order valence-corrected chi connectivity index (χ2v) is 3.07. The molecule has 0 aromatic rings. The first-order chi connectivity index (χ1) is 5.29. The van der Waals surface area contributed by atoms with Crippen LogP contribution in [0.2, 0.25) is 0 Å². The highest BCUT2D eigenvalue weighted by molar-refractivity contribution is 5.74. The Labute approximate surface area is 64.7 Å². The molecule has 1 unspecified atom stereocenters. The van der Waals surface area contributed by atoms with Gasteiger partial charge in [-0.2, -0.15) is 0 Å². The molecule has 0 aromatic heterocycles. The third kappa shape index (κ3) is 1.02. The van der Waals surface area contributed by atoms with Crippen molar-refractivity contribution in [3.63, 3.8) is 0 Å². The van der Waals surface area contributed by atoms with Crippen LogP contribution < -0.4 is 0 Å². The van der Waals surface area contributed by atoms with Gasteiger partial charge in [0.25, 0.3) is 0 Å². The molecular formula is C7H11NO3. The first-order valence-electron chi connectivity index (χ1n) is 3.85. The number of carbonyl (C=O) groups is 1. The van der Waals surface area contributed by atoms with Crippen LogP contribution in [0.1, 0.15) is 6.42 Å². The van der Waals surface area contributed by atoms with Gasteiger partial charge in [-0.05, 0) is 6.42 Å². The van der Waals surface area contributed by atoms with Crippen LogP contribution in [-0.4, -0.2) is 47.8 Å². The van der Waals surface area contributed by atoms with Crippen molar-refractivity contribution in [2.75, 3.05) is 19.8 Å². The third-order valence-electron chi connectivity index (χ3n) is 2.44. The van der Waals surface area contributed by atoms with Gasteiger partial charge >= 0.3 is 5.97 Å². The minimum atomic E-state index is -0.692. The molecular weight excluding hydrogens is 146 g/mol. The van der Waals surface area contributed by atoms with E-state index in [0.29, 0.717) is 19.3 Å². The summed E-state index contributed by atoms with van der Waals surface area (Å²) in [4.78, 5) is 12.6. The summed E-state index contributed by atoms with van der Waals surface area (Å²) in [6.07, 6.45) is 0.797. The van der Waals surface area contributed by atoms with E-state index in [0.717, 1.165) is 13.0 Å². The van der Waals surface area contributed by atoms with Crippen LogP contribution in [0, 0.1) is 0 Å². The van der Waals surface area contributed by atoms with Crippen LogP contribution in [-0.2, 0) is 9.53 Å². The van der Waals surface area contributed by atoms with E-state index in [1.165, 1.54) is 0 Å². The molecule has 1 atom stereocenters. The van der Waals surface area contributed by atoms with Crippen molar-refractivity contribution in [2.24, 2.45) is 0 Å². The molecule has 0 bridgehead atoms. The number of likely N-dealkylation sites (tertiary alicyclic amines) is 1. The Bertz CT molecular complexity index is 179. The molecule has 4 heteroatoms. The Hall–Kier alpha value is -0.610. The number of rotatable bonds is 2. The number of aliphatic carboxylic acids is 1. The molecule has 0 spiro atoms. The Morgan fingerprint density at radius 2 is 2.27 bits per heavy atom. The molecule has 62 valence electrons. The molecule has 0 radical (unpaired) electrons. The van der Waals surface area contributed by atoms with Crippen molar-refractivity contribution in [3.8, 4) is 0 Å². The van der Waals surface area contributed by atoms with Crippen LogP contribution in [0.15, 0.2) is 0 Å². The first kappa shape index (κ1) is 7.06. The zero-order chi connectivity index (χ0) is 7.84. The van der Waals surface area contributed by atoms with Gasteiger partial charge < -0.3 is 9.84 Å². The molecule has 2 heterocycles. The fourth-order valence-corrected chi connectivity index (χ4v) is 1.52. The lowest BCUT2D eigenvalue weighted by atomic mass is 9.99. The van der Waals surface area contributed by atoms with Gasteiger partial charge in [-0.15, -0.1) is 0 Å². The average molecular weight is 157 g/mol. The van der Waals surface area contributed by atoms with Gasteiger partial charge in [0.15, 0.2) is 0 Å². The fourth-order valence-electron chi connectivity index (χ4n) is 1.52. The maximum absolute atomic E-state index is 10.6. The topological polar surface area (TPSA) is 49.8 Å². The molecule has 1 N–H and O–H groups in total. The zero-order valence-corrected chi connectivity index (χ0v) is 6.19. The van der Waals surface area contributed by atoms with E-state index >= 15 is 0 Å². The summed E-state index contributed by atoms with van der Waals surface area (Å²) in [5, 5.41) is 8.69. The van der Waals surface area contributed by atoms with Crippen molar-refractivity contribution >= 4 is 5.97 Å². The Balaban J connectivity index is 1.89. The fraction of sp³-hybridized carbons (Fsp3) is 0.857. The Morgan fingerprint density at radius 1 is 1.55 bits per heavy atom. The highest BCUT2D eigenvalue weighted by Crippen LogP contribution is 2.24. The Kier molecular flexibility index (Phi) is 1.58. The van der Waals surface area contributed by atoms with Gasteiger partial charge in [0.05, 0.1) is 19.3 Å². The molecule has 0 amide bonds. The largest absolute Gasteiger partial charge is 0.480 e. The minimum Gasteiger partial charge on any atom is -0.480 e. The maximum Gasteiger partial charge on any atom is 0.320 e. The van der Waals surface area contributed by atoms with E-state index in [9.17, 15) is 4.79 Å². The molecule has 2 fully saturated rings. The summed E-state index contributed by atoms with van der Waals surface area (Å²) >= 11 is 0. The van der Waals surface area contributed by atoms with E-state index in [2.05, 4.69) is 0 Å². The lowest BCUT2D eigenvalue weighted by Gasteiger charge is -2.46. The van der Waals surface area contributed by atoms with Crippen molar-refractivity contribution in [3.05, 3.63) is 0 Å². The molecule has 0 aliphatic carbocycles. The number of ether oxygens (including phenoxy) is 1. The van der Waals surface area contributed by atoms with Crippen LogP contribution in [0.25, 0.3) is 0 Å². The SMILES string of the molecule is O=C(O)C1CCN1C1COC1. The predicted molar refractivity (Wildman–Crippen MR) is 37.4 cm³/mol. The van der Waals surface area contributed by atoms with E-state index in [-0.39, 0.29) is 6.04 Å². The van der Waals surface area contributed by atoms with Gasteiger partial charge in [-0.1, -0.05) is 0 Å². The van der Waals surface area contributed by atoms with Crippen molar-refractivity contribution < 1.29 is 14.6 Å². The molecule has 0 saturated carbocycles. The molecule has 2 rings (SSSR count). The standard InChI is InChI=1S/C7H11NO3/c9-7(10)6-1-2-8(6)5-3-11-4-5/h5-6H,1-4H2,(H,9,10). The Morgan fingerprint density at radius 3 is 2.55 bits per heavy atom. The average Bonchev–Trinajstić information content (AvgIpc) is 1.73. The van der Waals surface area contributed by atoms with Crippen LogP contribution >= 0.6 is 0 Å². The monoisotopic (exact) mass is 157 g/mol. The second kappa shape index (κ2) is 2.46. The van der Waals surface area contributed by atoms with Crippen molar-refractivity contribution in [1.82, 2.24) is 4.90 Å². The summed E-state index contributed by atoms with van der Waals surface area (Å²) in [6.45, 7) is 2.35. The van der Waals surface area contributed by atoms with E-state index in [1.54, 1.807) is 0 Å². The van der Waals surface area contributed by atoms with E-state index in [1.807, 2.05) is 4.90 Å². The maximum atomic E-state index is 10.6. The van der Waals surface area contributed by atoms with Gasteiger partial charge in [0.2, 0.25) is 0 Å². The third-order valence-corrected chi connectivity index (χ3v) is 2.44. The molecule has 4 nitrogen and oxygen atoms in total.